The lowest BCUT2D eigenvalue weighted by atomic mass is 9.89. The van der Waals surface area contributed by atoms with Crippen LogP contribution in [0.5, 0.6) is 0 Å². The molecule has 0 bridgehead atoms. The summed E-state index contributed by atoms with van der Waals surface area (Å²) in [5.41, 5.74) is 0.460. The van der Waals surface area contributed by atoms with Crippen LogP contribution in [-0.2, 0) is 19.2 Å². The summed E-state index contributed by atoms with van der Waals surface area (Å²) in [5.74, 6) is -0.163. The van der Waals surface area contributed by atoms with E-state index in [4.69, 9.17) is 37.3 Å². The van der Waals surface area contributed by atoms with E-state index in [-0.39, 0.29) is 18.1 Å². The summed E-state index contributed by atoms with van der Waals surface area (Å²) in [6, 6.07) is 5.27. The fraction of sp³-hybridized carbons (Fsp3) is 0.600. The molecule has 1 saturated carbocycles. The van der Waals surface area contributed by atoms with Crippen molar-refractivity contribution in [2.24, 2.45) is 11.1 Å². The molecule has 1 aliphatic carbocycles. The lowest BCUT2D eigenvalue weighted by molar-refractivity contribution is -0.0436. The van der Waals surface area contributed by atoms with Crippen molar-refractivity contribution in [3.05, 3.63) is 33.8 Å². The number of hydrogen-bond acceptors (Lipinski definition) is 4. The van der Waals surface area contributed by atoms with Gasteiger partial charge in [-0.3, -0.25) is 4.18 Å². The van der Waals surface area contributed by atoms with Gasteiger partial charge in [0, 0.05) is 21.5 Å². The Kier molecular flexibility index (Phi) is 4.93. The van der Waals surface area contributed by atoms with Crippen molar-refractivity contribution in [3.8, 4) is 0 Å². The molecule has 0 unspecified atom stereocenters. The smallest absolute Gasteiger partial charge is 0.333 e. The first-order valence-electron chi connectivity index (χ1n) is 7.59. The molecule has 0 amide bonds. The Morgan fingerprint density at radius 3 is 2.43 bits per heavy atom. The molecule has 2 N–H and O–H groups in total. The Bertz CT molecular complexity index is 668. The largest absolute Gasteiger partial charge is 0.367 e. The Labute approximate surface area is 146 Å². The van der Waals surface area contributed by atoms with Gasteiger partial charge < -0.3 is 4.74 Å². The van der Waals surface area contributed by atoms with Gasteiger partial charge in [-0.05, 0) is 31.4 Å². The number of nitrogens with two attached hydrogens (primary N) is 1. The highest BCUT2D eigenvalue weighted by Gasteiger charge is 2.49. The Hall–Kier alpha value is -0.370. The molecule has 1 aromatic carbocycles. The van der Waals surface area contributed by atoms with Gasteiger partial charge in [-0.1, -0.05) is 42.1 Å². The summed E-state index contributed by atoms with van der Waals surface area (Å²) in [4.78, 5) is 0. The molecular weight excluding hydrogens is 361 g/mol. The first-order valence-corrected chi connectivity index (χ1v) is 9.81. The minimum absolute atomic E-state index is 0.0349. The number of benzene rings is 1. The fourth-order valence-electron chi connectivity index (χ4n) is 3.75. The molecule has 128 valence electrons. The lowest BCUT2D eigenvalue weighted by Crippen LogP contribution is -2.24. The van der Waals surface area contributed by atoms with Gasteiger partial charge in [0.15, 0.2) is 0 Å². The van der Waals surface area contributed by atoms with E-state index < -0.39 is 16.4 Å². The molecule has 0 radical (unpaired) electrons. The average molecular weight is 380 g/mol. The third-order valence-corrected chi connectivity index (χ3v) is 5.81. The number of halogens is 2. The van der Waals surface area contributed by atoms with Gasteiger partial charge in [-0.15, -0.1) is 0 Å². The standard InChI is InChI=1S/C15H19Cl2NO4S/c16-11-4-3-5-12(17)13(11)14-10(9-21-23(18,19)20)8-15(22-14)6-1-2-7-15/h3-5,10,14H,1-2,6-9H2,(H2,18,19,20)/t10-,14+/m0/s1. The highest BCUT2D eigenvalue weighted by atomic mass is 35.5. The highest BCUT2D eigenvalue weighted by molar-refractivity contribution is 7.84. The molecule has 2 aliphatic rings. The van der Waals surface area contributed by atoms with Crippen LogP contribution in [-0.4, -0.2) is 20.6 Å². The van der Waals surface area contributed by atoms with Gasteiger partial charge >= 0.3 is 10.3 Å². The lowest BCUT2D eigenvalue weighted by Gasteiger charge is -2.24. The second kappa shape index (κ2) is 6.50. The molecule has 3 rings (SSSR count). The maximum atomic E-state index is 11.1. The average Bonchev–Trinajstić information content (AvgIpc) is 3.04. The Morgan fingerprint density at radius 1 is 1.26 bits per heavy atom. The summed E-state index contributed by atoms with van der Waals surface area (Å²) >= 11 is 12.6. The fourth-order valence-corrected chi connectivity index (χ4v) is 4.72. The van der Waals surface area contributed by atoms with Crippen molar-refractivity contribution >= 4 is 33.5 Å². The summed E-state index contributed by atoms with van der Waals surface area (Å²) in [7, 11) is -3.99. The maximum Gasteiger partial charge on any atom is 0.333 e. The molecule has 2 atom stereocenters. The van der Waals surface area contributed by atoms with Crippen LogP contribution in [0.2, 0.25) is 10.0 Å². The first-order chi connectivity index (χ1) is 10.8. The van der Waals surface area contributed by atoms with E-state index >= 15 is 0 Å². The number of ether oxygens (including phenoxy) is 1. The molecule has 0 aromatic heterocycles. The number of hydrogen-bond donors (Lipinski definition) is 1. The topological polar surface area (TPSA) is 78.6 Å². The van der Waals surface area contributed by atoms with Crippen molar-refractivity contribution < 1.29 is 17.3 Å². The molecule has 1 saturated heterocycles. The quantitative estimate of drug-likeness (QED) is 0.866. The van der Waals surface area contributed by atoms with Gasteiger partial charge in [0.2, 0.25) is 0 Å². The van der Waals surface area contributed by atoms with E-state index in [0.29, 0.717) is 15.6 Å². The summed E-state index contributed by atoms with van der Waals surface area (Å²) in [6.45, 7) is -0.0349. The first kappa shape index (κ1) is 17.5. The van der Waals surface area contributed by atoms with Crippen LogP contribution < -0.4 is 5.14 Å². The minimum Gasteiger partial charge on any atom is -0.367 e. The van der Waals surface area contributed by atoms with Crippen molar-refractivity contribution in [1.82, 2.24) is 0 Å². The summed E-state index contributed by atoms with van der Waals surface area (Å²) in [6.07, 6.45) is 4.44. The van der Waals surface area contributed by atoms with Crippen molar-refractivity contribution in [1.29, 1.82) is 0 Å². The normalized spacial score (nSPS) is 26.9. The molecule has 1 spiro atoms. The summed E-state index contributed by atoms with van der Waals surface area (Å²) < 4.78 is 33.5. The van der Waals surface area contributed by atoms with E-state index in [2.05, 4.69) is 0 Å². The molecule has 2 fully saturated rings. The van der Waals surface area contributed by atoms with E-state index in [9.17, 15) is 8.42 Å². The van der Waals surface area contributed by atoms with Gasteiger partial charge in [0.05, 0.1) is 18.3 Å². The predicted octanol–water partition coefficient (Wildman–Crippen LogP) is 3.60. The number of rotatable bonds is 4. The summed E-state index contributed by atoms with van der Waals surface area (Å²) in [5, 5.41) is 5.98. The zero-order valence-electron chi connectivity index (χ0n) is 12.5. The predicted molar refractivity (Wildman–Crippen MR) is 88.7 cm³/mol. The van der Waals surface area contributed by atoms with Gasteiger partial charge in [0.25, 0.3) is 0 Å². The second-order valence-electron chi connectivity index (χ2n) is 6.31. The molecular formula is C15H19Cl2NO4S. The zero-order valence-corrected chi connectivity index (χ0v) is 14.8. The van der Waals surface area contributed by atoms with Crippen LogP contribution in [0.4, 0.5) is 0 Å². The van der Waals surface area contributed by atoms with Crippen LogP contribution >= 0.6 is 23.2 Å². The van der Waals surface area contributed by atoms with E-state index in [1.54, 1.807) is 18.2 Å². The molecule has 1 aliphatic heterocycles. The minimum atomic E-state index is -3.99. The highest BCUT2D eigenvalue weighted by Crippen LogP contribution is 2.53. The van der Waals surface area contributed by atoms with E-state index in [1.807, 2.05) is 0 Å². The molecule has 1 heterocycles. The van der Waals surface area contributed by atoms with E-state index in [1.165, 1.54) is 0 Å². The maximum absolute atomic E-state index is 11.1. The molecule has 8 heteroatoms. The third kappa shape index (κ3) is 3.83. The van der Waals surface area contributed by atoms with Crippen LogP contribution in [0.15, 0.2) is 18.2 Å². The monoisotopic (exact) mass is 379 g/mol. The SMILES string of the molecule is NS(=O)(=O)OC[C@@H]1CC2(CCCC2)O[C@H]1c1c(Cl)cccc1Cl. The van der Waals surface area contributed by atoms with Crippen molar-refractivity contribution in [3.63, 3.8) is 0 Å². The third-order valence-electron chi connectivity index (χ3n) is 4.68. The molecule has 1 aromatic rings. The van der Waals surface area contributed by atoms with E-state index in [0.717, 1.165) is 32.1 Å². The van der Waals surface area contributed by atoms with Gasteiger partial charge in [-0.25, -0.2) is 5.14 Å². The molecule has 5 nitrogen and oxygen atoms in total. The Morgan fingerprint density at radius 2 is 1.87 bits per heavy atom. The molecule has 23 heavy (non-hydrogen) atoms. The van der Waals surface area contributed by atoms with Crippen molar-refractivity contribution in [2.75, 3.05) is 6.61 Å². The van der Waals surface area contributed by atoms with Crippen LogP contribution in [0.3, 0.4) is 0 Å². The van der Waals surface area contributed by atoms with Crippen molar-refractivity contribution in [2.45, 2.75) is 43.8 Å². The zero-order chi connectivity index (χ0) is 16.7. The van der Waals surface area contributed by atoms with Gasteiger partial charge in [0.1, 0.15) is 0 Å². The van der Waals surface area contributed by atoms with Crippen LogP contribution in [0.1, 0.15) is 43.8 Å². The second-order valence-corrected chi connectivity index (χ2v) is 8.34. The van der Waals surface area contributed by atoms with Crippen LogP contribution in [0, 0.1) is 5.92 Å². The van der Waals surface area contributed by atoms with Crippen LogP contribution in [0.25, 0.3) is 0 Å². The van der Waals surface area contributed by atoms with Gasteiger partial charge in [-0.2, -0.15) is 8.42 Å². The Balaban J connectivity index is 1.90.